The lowest BCUT2D eigenvalue weighted by Gasteiger charge is -2.36. The van der Waals surface area contributed by atoms with Crippen molar-refractivity contribution in [2.24, 2.45) is 5.92 Å². The number of aliphatic carboxylic acids is 1. The molecule has 0 radical (unpaired) electrons. The van der Waals surface area contributed by atoms with E-state index in [0.29, 0.717) is 48.7 Å². The number of rotatable bonds is 10. The number of thiazole rings is 1. The minimum absolute atomic E-state index is 0.161. The van der Waals surface area contributed by atoms with Gasteiger partial charge in [-0.3, -0.25) is 10.1 Å². The Kier molecular flexibility index (Phi) is 8.97. The Hall–Kier alpha value is -1.81. The smallest absolute Gasteiger partial charge is 0.323 e. The Balaban J connectivity index is 1.35. The Morgan fingerprint density at radius 3 is 2.69 bits per heavy atom. The third kappa shape index (κ3) is 6.70. The third-order valence-electron chi connectivity index (χ3n) is 6.92. The number of carboxylic acids is 1. The number of benzene rings is 1. The Labute approximate surface area is 219 Å². The number of carboxylic acid groups (broad SMARTS) is 1. The van der Waals surface area contributed by atoms with E-state index in [4.69, 9.17) is 16.3 Å². The minimum Gasteiger partial charge on any atom is -0.480 e. The summed E-state index contributed by atoms with van der Waals surface area (Å²) >= 11 is 8.90. The van der Waals surface area contributed by atoms with Crippen LogP contribution in [0.1, 0.15) is 57.4 Å². The van der Waals surface area contributed by atoms with Gasteiger partial charge in [-0.25, -0.2) is 9.78 Å². The van der Waals surface area contributed by atoms with Gasteiger partial charge in [-0.05, 0) is 62.5 Å². The lowest BCUT2D eigenvalue weighted by molar-refractivity contribution is -0.142. The SMILES string of the molecule is C[C@H]1CC[C@H](N(CCOCc2ccccc2Cl)C(=O)Nc2ncc(SC3(C(=O)O)CCC3)s2)CC1. The molecule has 0 aliphatic heterocycles. The number of hydrogen-bond acceptors (Lipinski definition) is 6. The summed E-state index contributed by atoms with van der Waals surface area (Å²) in [7, 11) is 0. The molecule has 0 spiro atoms. The normalized spacial score (nSPS) is 21.2. The fourth-order valence-electron chi connectivity index (χ4n) is 4.54. The maximum Gasteiger partial charge on any atom is 0.323 e. The maximum absolute atomic E-state index is 13.3. The summed E-state index contributed by atoms with van der Waals surface area (Å²) in [6.07, 6.45) is 8.05. The molecule has 2 aromatic rings. The standard InChI is InChI=1S/C25H32ClN3O4S2/c1-17-7-9-19(10-8-17)29(13-14-33-16-18-5-2-3-6-20(18)26)24(32)28-23-27-15-21(34-23)35-25(22(30)31)11-4-12-25/h2-3,5-6,15,17,19H,4,7-14,16H2,1H3,(H,30,31)(H,27,28,32)/t17-,19-. The van der Waals surface area contributed by atoms with Crippen molar-refractivity contribution in [2.45, 2.75) is 73.5 Å². The monoisotopic (exact) mass is 537 g/mol. The average molecular weight is 538 g/mol. The van der Waals surface area contributed by atoms with E-state index in [-0.39, 0.29) is 12.1 Å². The number of carbonyl (C=O) groups is 2. The number of halogens is 1. The van der Waals surface area contributed by atoms with E-state index in [1.54, 1.807) is 6.20 Å². The van der Waals surface area contributed by atoms with E-state index in [0.717, 1.165) is 41.9 Å². The zero-order valence-corrected chi connectivity index (χ0v) is 22.3. The van der Waals surface area contributed by atoms with Crippen molar-refractivity contribution in [1.29, 1.82) is 0 Å². The molecule has 1 heterocycles. The number of nitrogens with zero attached hydrogens (tertiary/aromatic N) is 2. The van der Waals surface area contributed by atoms with Crippen LogP contribution in [-0.4, -0.2) is 50.9 Å². The first-order valence-electron chi connectivity index (χ1n) is 12.1. The van der Waals surface area contributed by atoms with E-state index in [9.17, 15) is 14.7 Å². The second kappa shape index (κ2) is 12.0. The van der Waals surface area contributed by atoms with Gasteiger partial charge in [0.05, 0.1) is 23.6 Å². The van der Waals surface area contributed by atoms with Crippen LogP contribution in [0.5, 0.6) is 0 Å². The number of nitrogens with one attached hydrogen (secondary N) is 1. The molecule has 0 atom stereocenters. The van der Waals surface area contributed by atoms with Gasteiger partial charge in [0.2, 0.25) is 0 Å². The van der Waals surface area contributed by atoms with Crippen molar-refractivity contribution in [3.63, 3.8) is 0 Å². The molecule has 2 aliphatic carbocycles. The van der Waals surface area contributed by atoms with Crippen molar-refractivity contribution in [3.05, 3.63) is 41.0 Å². The van der Waals surface area contributed by atoms with Crippen LogP contribution in [0.3, 0.4) is 0 Å². The number of amides is 2. The molecule has 1 aromatic heterocycles. The molecule has 1 aromatic carbocycles. The van der Waals surface area contributed by atoms with Gasteiger partial charge >= 0.3 is 12.0 Å². The fourth-order valence-corrected chi connectivity index (χ4v) is 7.22. The highest BCUT2D eigenvalue weighted by Gasteiger charge is 2.46. The number of thioether (sulfide) groups is 1. The predicted molar refractivity (Wildman–Crippen MR) is 140 cm³/mol. The fraction of sp³-hybridized carbons (Fsp3) is 0.560. The van der Waals surface area contributed by atoms with Crippen LogP contribution < -0.4 is 5.32 Å². The maximum atomic E-state index is 13.3. The summed E-state index contributed by atoms with van der Waals surface area (Å²) in [5.41, 5.74) is 0.926. The lowest BCUT2D eigenvalue weighted by atomic mass is 9.84. The first kappa shape index (κ1) is 26.3. The van der Waals surface area contributed by atoms with Crippen molar-refractivity contribution in [2.75, 3.05) is 18.5 Å². The molecule has 35 heavy (non-hydrogen) atoms. The lowest BCUT2D eigenvalue weighted by Crippen LogP contribution is -2.46. The molecule has 10 heteroatoms. The van der Waals surface area contributed by atoms with Crippen molar-refractivity contribution < 1.29 is 19.4 Å². The van der Waals surface area contributed by atoms with Gasteiger partial charge in [-0.1, -0.05) is 59.8 Å². The highest BCUT2D eigenvalue weighted by atomic mass is 35.5. The van der Waals surface area contributed by atoms with Crippen LogP contribution in [-0.2, 0) is 16.1 Å². The summed E-state index contributed by atoms with van der Waals surface area (Å²) in [5, 5.41) is 13.7. The Bertz CT molecular complexity index is 1020. The summed E-state index contributed by atoms with van der Waals surface area (Å²) in [6, 6.07) is 7.57. The minimum atomic E-state index is -0.776. The van der Waals surface area contributed by atoms with E-state index in [1.165, 1.54) is 23.1 Å². The number of anilines is 1. The van der Waals surface area contributed by atoms with E-state index < -0.39 is 10.7 Å². The zero-order chi connectivity index (χ0) is 24.8. The average Bonchev–Trinajstić information content (AvgIpc) is 3.24. The molecule has 7 nitrogen and oxygen atoms in total. The van der Waals surface area contributed by atoms with E-state index in [1.807, 2.05) is 29.2 Å². The van der Waals surface area contributed by atoms with E-state index in [2.05, 4.69) is 17.2 Å². The molecule has 2 amide bonds. The molecule has 0 unspecified atom stereocenters. The molecule has 2 fully saturated rings. The van der Waals surface area contributed by atoms with Gasteiger partial charge in [0.25, 0.3) is 0 Å². The molecular weight excluding hydrogens is 506 g/mol. The van der Waals surface area contributed by atoms with Gasteiger partial charge in [-0.2, -0.15) is 0 Å². The summed E-state index contributed by atoms with van der Waals surface area (Å²) in [5.74, 6) is -0.0959. The predicted octanol–water partition coefficient (Wildman–Crippen LogP) is 6.53. The number of hydrogen-bond donors (Lipinski definition) is 2. The van der Waals surface area contributed by atoms with Crippen LogP contribution in [0.25, 0.3) is 0 Å². The zero-order valence-electron chi connectivity index (χ0n) is 19.9. The Morgan fingerprint density at radius 1 is 1.29 bits per heavy atom. The molecule has 2 aliphatic rings. The van der Waals surface area contributed by atoms with Crippen LogP contribution in [0, 0.1) is 5.92 Å². The molecular formula is C25H32ClN3O4S2. The van der Waals surface area contributed by atoms with Gasteiger partial charge in [0.15, 0.2) is 5.13 Å². The molecule has 0 saturated heterocycles. The largest absolute Gasteiger partial charge is 0.480 e. The highest BCUT2D eigenvalue weighted by Crippen LogP contribution is 2.49. The van der Waals surface area contributed by atoms with Crippen molar-refractivity contribution >= 4 is 51.8 Å². The Morgan fingerprint density at radius 2 is 2.03 bits per heavy atom. The number of aromatic nitrogens is 1. The third-order valence-corrected chi connectivity index (χ3v) is 9.78. The van der Waals surface area contributed by atoms with Gasteiger partial charge < -0.3 is 14.7 Å². The first-order chi connectivity index (χ1) is 16.9. The topological polar surface area (TPSA) is 91.8 Å². The van der Waals surface area contributed by atoms with Crippen LogP contribution in [0.2, 0.25) is 5.02 Å². The van der Waals surface area contributed by atoms with E-state index >= 15 is 0 Å². The van der Waals surface area contributed by atoms with Crippen molar-refractivity contribution in [1.82, 2.24) is 9.88 Å². The highest BCUT2D eigenvalue weighted by molar-refractivity contribution is 8.03. The molecule has 2 N–H and O–H groups in total. The first-order valence-corrected chi connectivity index (χ1v) is 14.1. The van der Waals surface area contributed by atoms with Crippen LogP contribution in [0.15, 0.2) is 34.7 Å². The molecule has 190 valence electrons. The summed E-state index contributed by atoms with van der Waals surface area (Å²) in [6.45, 7) is 3.54. The van der Waals surface area contributed by atoms with Crippen molar-refractivity contribution in [3.8, 4) is 0 Å². The number of carbonyl (C=O) groups excluding carboxylic acids is 1. The number of ether oxygens (including phenoxy) is 1. The van der Waals surface area contributed by atoms with Gasteiger partial charge in [0, 0.05) is 17.6 Å². The van der Waals surface area contributed by atoms with Crippen LogP contribution >= 0.6 is 34.7 Å². The van der Waals surface area contributed by atoms with Crippen LogP contribution in [0.4, 0.5) is 9.93 Å². The molecule has 4 rings (SSSR count). The summed E-state index contributed by atoms with van der Waals surface area (Å²) in [4.78, 5) is 31.2. The van der Waals surface area contributed by atoms with Gasteiger partial charge in [0.1, 0.15) is 4.75 Å². The molecule has 0 bridgehead atoms. The molecule has 2 saturated carbocycles. The number of urea groups is 1. The quantitative estimate of drug-likeness (QED) is 0.335. The van der Waals surface area contributed by atoms with Gasteiger partial charge in [-0.15, -0.1) is 0 Å². The second-order valence-corrected chi connectivity index (χ2v) is 12.5. The second-order valence-electron chi connectivity index (χ2n) is 9.42. The summed E-state index contributed by atoms with van der Waals surface area (Å²) < 4.78 is 5.92.